The molecule has 0 aliphatic heterocycles. The lowest BCUT2D eigenvalue weighted by Crippen LogP contribution is -2.25. The summed E-state index contributed by atoms with van der Waals surface area (Å²) in [5.74, 6) is 1.37. The van der Waals surface area contributed by atoms with Crippen molar-refractivity contribution in [2.75, 3.05) is 6.54 Å². The fourth-order valence-electron chi connectivity index (χ4n) is 3.53. The zero-order chi connectivity index (χ0) is 20.2. The number of aromatic amines is 1. The van der Waals surface area contributed by atoms with Gasteiger partial charge in [0.15, 0.2) is 0 Å². The number of aryl methyl sites for hydroxylation is 1. The van der Waals surface area contributed by atoms with Gasteiger partial charge in [-0.15, -0.1) is 0 Å². The molecule has 0 saturated heterocycles. The van der Waals surface area contributed by atoms with Crippen molar-refractivity contribution < 1.29 is 4.79 Å². The number of nitrogens with one attached hydrogen (secondary N) is 2. The van der Waals surface area contributed by atoms with Crippen LogP contribution in [0.4, 0.5) is 0 Å². The maximum atomic E-state index is 12.4. The van der Waals surface area contributed by atoms with Crippen LogP contribution in [0.15, 0.2) is 61.2 Å². The number of hydrogen-bond donors (Lipinski definition) is 2. The van der Waals surface area contributed by atoms with E-state index in [9.17, 15) is 4.79 Å². The SMILES string of the molecule is CC(C)c1nccn1CCCNC(=O)c1ccc(-c2c[nH]c3ccccc23)nc1. The molecule has 2 N–H and O–H groups in total. The minimum Gasteiger partial charge on any atom is -0.360 e. The van der Waals surface area contributed by atoms with Crippen LogP contribution in [0.2, 0.25) is 0 Å². The Hall–Kier alpha value is -3.41. The summed E-state index contributed by atoms with van der Waals surface area (Å²) in [6, 6.07) is 11.8. The van der Waals surface area contributed by atoms with Gasteiger partial charge >= 0.3 is 0 Å². The molecule has 0 radical (unpaired) electrons. The second-order valence-corrected chi connectivity index (χ2v) is 7.42. The number of imidazole rings is 1. The average Bonchev–Trinajstić information content (AvgIpc) is 3.38. The molecule has 29 heavy (non-hydrogen) atoms. The molecule has 1 aromatic carbocycles. The number of para-hydroxylation sites is 1. The van der Waals surface area contributed by atoms with E-state index < -0.39 is 0 Å². The summed E-state index contributed by atoms with van der Waals surface area (Å²) in [5, 5.41) is 4.10. The lowest BCUT2D eigenvalue weighted by atomic mass is 10.1. The van der Waals surface area contributed by atoms with E-state index in [1.165, 1.54) is 0 Å². The molecule has 0 aliphatic rings. The van der Waals surface area contributed by atoms with Crippen molar-refractivity contribution in [2.45, 2.75) is 32.7 Å². The third-order valence-electron chi connectivity index (χ3n) is 5.02. The largest absolute Gasteiger partial charge is 0.360 e. The van der Waals surface area contributed by atoms with Gasteiger partial charge in [0.1, 0.15) is 5.82 Å². The van der Waals surface area contributed by atoms with Gasteiger partial charge in [0.2, 0.25) is 0 Å². The standard InChI is InChI=1S/C23H25N5O/c1-16(2)22-24-11-13-28(22)12-5-10-25-23(29)17-8-9-21(26-14-17)19-15-27-20-7-4-3-6-18(19)20/h3-4,6-9,11,13-16,27H,5,10,12H2,1-2H3,(H,25,29). The van der Waals surface area contributed by atoms with Gasteiger partial charge in [-0.1, -0.05) is 32.0 Å². The molecule has 1 amide bonds. The van der Waals surface area contributed by atoms with Crippen LogP contribution in [0.25, 0.3) is 22.2 Å². The monoisotopic (exact) mass is 387 g/mol. The number of rotatable bonds is 7. The van der Waals surface area contributed by atoms with E-state index in [0.717, 1.165) is 41.0 Å². The quantitative estimate of drug-likeness (QED) is 0.462. The first kappa shape index (κ1) is 18.9. The maximum Gasteiger partial charge on any atom is 0.252 e. The number of nitrogens with zero attached hydrogens (tertiary/aromatic N) is 3. The number of carbonyl (C=O) groups excluding carboxylic acids is 1. The molecule has 4 rings (SSSR count). The van der Waals surface area contributed by atoms with Crippen LogP contribution in [0.1, 0.15) is 42.4 Å². The van der Waals surface area contributed by atoms with Crippen LogP contribution in [0.5, 0.6) is 0 Å². The first-order chi connectivity index (χ1) is 14.1. The summed E-state index contributed by atoms with van der Waals surface area (Å²) in [7, 11) is 0. The van der Waals surface area contributed by atoms with E-state index in [1.807, 2.05) is 48.9 Å². The molecular weight excluding hydrogens is 362 g/mol. The summed E-state index contributed by atoms with van der Waals surface area (Å²) in [6.45, 7) is 5.71. The summed E-state index contributed by atoms with van der Waals surface area (Å²) < 4.78 is 2.15. The van der Waals surface area contributed by atoms with E-state index in [0.29, 0.717) is 18.0 Å². The number of carbonyl (C=O) groups is 1. The molecule has 6 nitrogen and oxygen atoms in total. The van der Waals surface area contributed by atoms with E-state index in [2.05, 4.69) is 44.7 Å². The van der Waals surface area contributed by atoms with Crippen LogP contribution >= 0.6 is 0 Å². The van der Waals surface area contributed by atoms with E-state index >= 15 is 0 Å². The first-order valence-electron chi connectivity index (χ1n) is 9.95. The molecule has 0 atom stereocenters. The predicted octanol–water partition coefficient (Wildman–Crippen LogP) is 4.37. The van der Waals surface area contributed by atoms with E-state index in [4.69, 9.17) is 0 Å². The van der Waals surface area contributed by atoms with Crippen molar-refractivity contribution in [3.63, 3.8) is 0 Å². The number of hydrogen-bond acceptors (Lipinski definition) is 3. The topological polar surface area (TPSA) is 75.6 Å². The summed E-state index contributed by atoms with van der Waals surface area (Å²) in [5.41, 5.74) is 3.53. The molecule has 0 bridgehead atoms. The summed E-state index contributed by atoms with van der Waals surface area (Å²) in [4.78, 5) is 24.6. The Labute approximate surface area is 170 Å². The second kappa shape index (κ2) is 8.31. The predicted molar refractivity (Wildman–Crippen MR) is 115 cm³/mol. The average molecular weight is 387 g/mol. The molecule has 0 saturated carbocycles. The third kappa shape index (κ3) is 4.06. The summed E-state index contributed by atoms with van der Waals surface area (Å²) >= 11 is 0. The summed E-state index contributed by atoms with van der Waals surface area (Å²) in [6.07, 6.45) is 8.26. The molecule has 148 valence electrons. The Kier molecular flexibility index (Phi) is 5.42. The second-order valence-electron chi connectivity index (χ2n) is 7.42. The molecule has 0 fully saturated rings. The molecule has 0 spiro atoms. The molecule has 3 heterocycles. The third-order valence-corrected chi connectivity index (χ3v) is 5.02. The molecule has 6 heteroatoms. The molecular formula is C23H25N5O. The zero-order valence-corrected chi connectivity index (χ0v) is 16.7. The van der Waals surface area contributed by atoms with Crippen molar-refractivity contribution in [3.05, 3.63) is 72.6 Å². The van der Waals surface area contributed by atoms with Gasteiger partial charge in [-0.3, -0.25) is 9.78 Å². The van der Waals surface area contributed by atoms with Crippen molar-refractivity contribution in [1.82, 2.24) is 24.8 Å². The molecule has 4 aromatic rings. The van der Waals surface area contributed by atoms with Gasteiger partial charge < -0.3 is 14.9 Å². The number of aromatic nitrogens is 4. The highest BCUT2D eigenvalue weighted by molar-refractivity contribution is 5.96. The van der Waals surface area contributed by atoms with E-state index in [-0.39, 0.29) is 5.91 Å². The van der Waals surface area contributed by atoms with Gasteiger partial charge in [0.05, 0.1) is 11.3 Å². The minimum atomic E-state index is -0.0994. The van der Waals surface area contributed by atoms with Gasteiger partial charge in [0, 0.05) is 60.3 Å². The smallest absolute Gasteiger partial charge is 0.252 e. The molecule has 0 unspecified atom stereocenters. The van der Waals surface area contributed by atoms with Crippen molar-refractivity contribution >= 4 is 16.8 Å². The van der Waals surface area contributed by atoms with Gasteiger partial charge in [-0.25, -0.2) is 4.98 Å². The lowest BCUT2D eigenvalue weighted by molar-refractivity contribution is 0.0952. The van der Waals surface area contributed by atoms with Crippen molar-refractivity contribution in [1.29, 1.82) is 0 Å². The number of pyridine rings is 1. The maximum absolute atomic E-state index is 12.4. The van der Waals surface area contributed by atoms with Gasteiger partial charge in [-0.05, 0) is 24.6 Å². The Balaban J connectivity index is 1.34. The normalized spacial score (nSPS) is 11.3. The highest BCUT2D eigenvalue weighted by Gasteiger charge is 2.10. The Morgan fingerprint density at radius 2 is 2.03 bits per heavy atom. The van der Waals surface area contributed by atoms with Gasteiger partial charge in [-0.2, -0.15) is 0 Å². The van der Waals surface area contributed by atoms with Crippen LogP contribution in [-0.4, -0.2) is 32.0 Å². The zero-order valence-electron chi connectivity index (χ0n) is 16.7. The highest BCUT2D eigenvalue weighted by Crippen LogP contribution is 2.26. The number of amides is 1. The highest BCUT2D eigenvalue weighted by atomic mass is 16.1. The Morgan fingerprint density at radius 3 is 2.83 bits per heavy atom. The van der Waals surface area contributed by atoms with E-state index in [1.54, 1.807) is 6.20 Å². The lowest BCUT2D eigenvalue weighted by Gasteiger charge is -2.10. The van der Waals surface area contributed by atoms with Crippen LogP contribution in [0, 0.1) is 0 Å². The first-order valence-corrected chi connectivity index (χ1v) is 9.95. The molecule has 0 aliphatic carbocycles. The minimum absolute atomic E-state index is 0.0994. The molecule has 3 aromatic heterocycles. The number of H-pyrrole nitrogens is 1. The van der Waals surface area contributed by atoms with Crippen LogP contribution < -0.4 is 5.32 Å². The van der Waals surface area contributed by atoms with Crippen LogP contribution in [-0.2, 0) is 6.54 Å². The van der Waals surface area contributed by atoms with Crippen LogP contribution in [0.3, 0.4) is 0 Å². The van der Waals surface area contributed by atoms with Crippen molar-refractivity contribution in [3.8, 4) is 11.3 Å². The fraction of sp³-hybridized carbons (Fsp3) is 0.261. The Bertz CT molecular complexity index is 1110. The van der Waals surface area contributed by atoms with Crippen molar-refractivity contribution in [2.24, 2.45) is 0 Å². The van der Waals surface area contributed by atoms with Gasteiger partial charge in [0.25, 0.3) is 5.91 Å². The number of benzene rings is 1. The number of fused-ring (bicyclic) bond motifs is 1. The Morgan fingerprint density at radius 1 is 1.17 bits per heavy atom. The fourth-order valence-corrected chi connectivity index (χ4v) is 3.53.